The van der Waals surface area contributed by atoms with Gasteiger partial charge in [-0.05, 0) is 30.2 Å². The molecular weight excluding hydrogens is 331 g/mol. The molecule has 0 aliphatic carbocycles. The van der Waals surface area contributed by atoms with Crippen LogP contribution in [0.5, 0.6) is 0 Å². The lowest BCUT2D eigenvalue weighted by atomic mass is 9.99. The largest absolute Gasteiger partial charge is 0.480 e. The normalized spacial score (nSPS) is 13.3. The van der Waals surface area contributed by atoms with Gasteiger partial charge in [-0.1, -0.05) is 20.3 Å². The van der Waals surface area contributed by atoms with Crippen molar-refractivity contribution in [2.24, 2.45) is 5.92 Å². The molecule has 0 saturated heterocycles. The van der Waals surface area contributed by atoms with Gasteiger partial charge in [0.1, 0.15) is 16.9 Å². The SMILES string of the molecule is CC[C@@H](C)[C@H](NC(=O)Cc1csc(-c2ccc(F)cc2)n1)C(=O)O. The number of aliphatic carboxylic acids is 1. The number of hydrogen-bond donors (Lipinski definition) is 2. The van der Waals surface area contributed by atoms with E-state index in [4.69, 9.17) is 0 Å². The highest BCUT2D eigenvalue weighted by molar-refractivity contribution is 7.13. The van der Waals surface area contributed by atoms with Gasteiger partial charge < -0.3 is 10.4 Å². The van der Waals surface area contributed by atoms with E-state index in [1.54, 1.807) is 24.4 Å². The lowest BCUT2D eigenvalue weighted by Crippen LogP contribution is -2.45. The highest BCUT2D eigenvalue weighted by atomic mass is 32.1. The van der Waals surface area contributed by atoms with Gasteiger partial charge in [0.25, 0.3) is 0 Å². The summed E-state index contributed by atoms with van der Waals surface area (Å²) in [6.45, 7) is 3.66. The zero-order valence-corrected chi connectivity index (χ0v) is 14.3. The van der Waals surface area contributed by atoms with E-state index in [2.05, 4.69) is 10.3 Å². The number of benzene rings is 1. The van der Waals surface area contributed by atoms with E-state index in [0.29, 0.717) is 17.1 Å². The van der Waals surface area contributed by atoms with E-state index in [9.17, 15) is 19.1 Å². The summed E-state index contributed by atoms with van der Waals surface area (Å²) in [5, 5.41) is 14.2. The second kappa shape index (κ2) is 8.01. The van der Waals surface area contributed by atoms with Gasteiger partial charge in [0.2, 0.25) is 5.91 Å². The van der Waals surface area contributed by atoms with Gasteiger partial charge in [0, 0.05) is 10.9 Å². The van der Waals surface area contributed by atoms with Gasteiger partial charge in [-0.3, -0.25) is 4.79 Å². The molecule has 1 amide bonds. The van der Waals surface area contributed by atoms with Crippen LogP contribution in [0.2, 0.25) is 0 Å². The molecule has 0 aliphatic heterocycles. The molecule has 0 spiro atoms. The standard InChI is InChI=1S/C17H19FN2O3S/c1-3-10(2)15(17(22)23)20-14(21)8-13-9-24-16(19-13)11-4-6-12(18)7-5-11/h4-7,9-10,15H,3,8H2,1-2H3,(H,20,21)(H,22,23)/t10-,15+/m1/s1. The maximum Gasteiger partial charge on any atom is 0.326 e. The number of thiazole rings is 1. The number of amides is 1. The zero-order valence-electron chi connectivity index (χ0n) is 13.5. The number of aromatic nitrogens is 1. The van der Waals surface area contributed by atoms with Crippen LogP contribution in [0.4, 0.5) is 4.39 Å². The molecule has 128 valence electrons. The molecule has 0 aliphatic rings. The number of carboxylic acids is 1. The average molecular weight is 350 g/mol. The van der Waals surface area contributed by atoms with E-state index in [-0.39, 0.29) is 24.1 Å². The molecule has 1 heterocycles. The number of carbonyl (C=O) groups is 2. The number of rotatable bonds is 7. The van der Waals surface area contributed by atoms with Crippen molar-refractivity contribution in [1.29, 1.82) is 0 Å². The van der Waals surface area contributed by atoms with Crippen LogP contribution in [0.1, 0.15) is 26.0 Å². The summed E-state index contributed by atoms with van der Waals surface area (Å²) in [6, 6.07) is 5.06. The third kappa shape index (κ3) is 4.61. The molecule has 2 rings (SSSR count). The van der Waals surface area contributed by atoms with Crippen LogP contribution >= 0.6 is 11.3 Å². The number of nitrogens with one attached hydrogen (secondary N) is 1. The summed E-state index contributed by atoms with van der Waals surface area (Å²) in [5.41, 5.74) is 1.33. The minimum Gasteiger partial charge on any atom is -0.480 e. The predicted molar refractivity (Wildman–Crippen MR) is 90.2 cm³/mol. The molecule has 2 atom stereocenters. The molecule has 2 aromatic rings. The molecule has 0 fully saturated rings. The molecule has 0 bridgehead atoms. The quantitative estimate of drug-likeness (QED) is 0.804. The number of carboxylic acid groups (broad SMARTS) is 1. The Morgan fingerprint density at radius 1 is 1.33 bits per heavy atom. The van der Waals surface area contributed by atoms with Crippen molar-refractivity contribution in [3.63, 3.8) is 0 Å². The van der Waals surface area contributed by atoms with E-state index >= 15 is 0 Å². The summed E-state index contributed by atoms with van der Waals surface area (Å²) in [4.78, 5) is 27.7. The third-order valence-corrected chi connectivity index (χ3v) is 4.72. The van der Waals surface area contributed by atoms with Crippen LogP contribution in [0.25, 0.3) is 10.6 Å². The Hall–Kier alpha value is -2.28. The Bertz CT molecular complexity index is 715. The van der Waals surface area contributed by atoms with Crippen molar-refractivity contribution < 1.29 is 19.1 Å². The van der Waals surface area contributed by atoms with Crippen LogP contribution in [-0.4, -0.2) is 28.0 Å². The summed E-state index contributed by atoms with van der Waals surface area (Å²) in [7, 11) is 0. The summed E-state index contributed by atoms with van der Waals surface area (Å²) in [6.07, 6.45) is 0.667. The zero-order chi connectivity index (χ0) is 17.7. The van der Waals surface area contributed by atoms with Gasteiger partial charge >= 0.3 is 5.97 Å². The Labute approximate surface area is 143 Å². The topological polar surface area (TPSA) is 79.3 Å². The van der Waals surface area contributed by atoms with E-state index < -0.39 is 12.0 Å². The van der Waals surface area contributed by atoms with Crippen LogP contribution in [0.3, 0.4) is 0 Å². The van der Waals surface area contributed by atoms with Gasteiger partial charge in [0.05, 0.1) is 12.1 Å². The Kier molecular flexibility index (Phi) is 6.03. The molecule has 0 unspecified atom stereocenters. The molecular formula is C17H19FN2O3S. The average Bonchev–Trinajstić information content (AvgIpc) is 3.00. The van der Waals surface area contributed by atoms with Gasteiger partial charge in [-0.15, -0.1) is 11.3 Å². The summed E-state index contributed by atoms with van der Waals surface area (Å²) < 4.78 is 12.9. The number of nitrogens with zero attached hydrogens (tertiary/aromatic N) is 1. The van der Waals surface area contributed by atoms with Crippen molar-refractivity contribution in [3.8, 4) is 10.6 Å². The minimum atomic E-state index is -1.04. The first-order chi connectivity index (χ1) is 11.4. The fourth-order valence-electron chi connectivity index (χ4n) is 2.19. The number of hydrogen-bond acceptors (Lipinski definition) is 4. The maximum atomic E-state index is 12.9. The minimum absolute atomic E-state index is 0.0118. The molecule has 1 aromatic heterocycles. The second-order valence-electron chi connectivity index (χ2n) is 5.60. The number of carbonyl (C=O) groups excluding carboxylic acids is 1. The molecule has 1 aromatic carbocycles. The van der Waals surface area contributed by atoms with Crippen molar-refractivity contribution in [3.05, 3.63) is 41.2 Å². The van der Waals surface area contributed by atoms with Crippen molar-refractivity contribution in [2.75, 3.05) is 0 Å². The van der Waals surface area contributed by atoms with Crippen molar-refractivity contribution in [1.82, 2.24) is 10.3 Å². The van der Waals surface area contributed by atoms with Gasteiger partial charge in [0.15, 0.2) is 0 Å². The fraction of sp³-hybridized carbons (Fsp3) is 0.353. The lowest BCUT2D eigenvalue weighted by molar-refractivity contribution is -0.143. The molecule has 24 heavy (non-hydrogen) atoms. The van der Waals surface area contributed by atoms with Crippen LogP contribution in [0.15, 0.2) is 29.6 Å². The molecule has 0 saturated carbocycles. The molecule has 2 N–H and O–H groups in total. The summed E-state index contributed by atoms with van der Waals surface area (Å²) >= 11 is 1.36. The molecule has 5 nitrogen and oxygen atoms in total. The molecule has 7 heteroatoms. The predicted octanol–water partition coefficient (Wildman–Crippen LogP) is 3.11. The van der Waals surface area contributed by atoms with Crippen LogP contribution in [0, 0.1) is 11.7 Å². The van der Waals surface area contributed by atoms with Crippen LogP contribution in [-0.2, 0) is 16.0 Å². The first-order valence-corrected chi connectivity index (χ1v) is 8.51. The fourth-order valence-corrected chi connectivity index (χ4v) is 3.01. The Morgan fingerprint density at radius 3 is 2.58 bits per heavy atom. The monoisotopic (exact) mass is 350 g/mol. The Morgan fingerprint density at radius 2 is 2.00 bits per heavy atom. The highest BCUT2D eigenvalue weighted by Crippen LogP contribution is 2.24. The van der Waals surface area contributed by atoms with Gasteiger partial charge in [-0.2, -0.15) is 0 Å². The smallest absolute Gasteiger partial charge is 0.326 e. The van der Waals surface area contributed by atoms with E-state index in [0.717, 1.165) is 5.56 Å². The molecule has 0 radical (unpaired) electrons. The Balaban J connectivity index is 2.02. The lowest BCUT2D eigenvalue weighted by Gasteiger charge is -2.19. The van der Waals surface area contributed by atoms with Crippen molar-refractivity contribution >= 4 is 23.2 Å². The van der Waals surface area contributed by atoms with E-state index in [1.165, 1.54) is 23.5 Å². The third-order valence-electron chi connectivity index (χ3n) is 3.78. The van der Waals surface area contributed by atoms with Crippen LogP contribution < -0.4 is 5.32 Å². The van der Waals surface area contributed by atoms with Gasteiger partial charge in [-0.25, -0.2) is 14.2 Å². The number of halogens is 1. The maximum absolute atomic E-state index is 12.9. The van der Waals surface area contributed by atoms with Crippen molar-refractivity contribution in [2.45, 2.75) is 32.7 Å². The highest BCUT2D eigenvalue weighted by Gasteiger charge is 2.25. The summed E-state index contributed by atoms with van der Waals surface area (Å²) in [5.74, 6) is -1.89. The van der Waals surface area contributed by atoms with E-state index in [1.807, 2.05) is 6.92 Å². The second-order valence-corrected chi connectivity index (χ2v) is 6.45. The first-order valence-electron chi connectivity index (χ1n) is 7.63. The first kappa shape index (κ1) is 18.1.